The first-order valence-corrected chi connectivity index (χ1v) is 13.4. The summed E-state index contributed by atoms with van der Waals surface area (Å²) in [6.07, 6.45) is 3.04. The van der Waals surface area contributed by atoms with Crippen LogP contribution in [-0.2, 0) is 33.9 Å². The fourth-order valence-corrected chi connectivity index (χ4v) is 5.63. The maximum absolute atomic E-state index is 13.5. The maximum Gasteiger partial charge on any atom is 0.288 e. The highest BCUT2D eigenvalue weighted by Crippen LogP contribution is 2.40. The molecule has 0 unspecified atom stereocenters. The summed E-state index contributed by atoms with van der Waals surface area (Å²) in [5.74, 6) is 0.346. The lowest BCUT2D eigenvalue weighted by atomic mass is 9.90. The molecule has 3 aromatic rings. The van der Waals surface area contributed by atoms with Gasteiger partial charge in [-0.3, -0.25) is 4.79 Å². The Morgan fingerprint density at radius 2 is 1.68 bits per heavy atom. The molecule has 1 aliphatic carbocycles. The van der Waals surface area contributed by atoms with Crippen molar-refractivity contribution in [3.63, 3.8) is 0 Å². The van der Waals surface area contributed by atoms with Crippen LogP contribution in [0.3, 0.4) is 0 Å². The standard InChI is InChI=1S/C32H34N2O4/c1-33-12-14-34(15-13-33)32(36)30-18-26(19-31(38-30)37-21-23-8-6-22(20-35)7-9-23)24-10-11-29-27(16-24)17-25-4-2-3-5-28(25)29/h2-11,16,18,26,31,35H,12-15,17,19-21H2,1H3/t26-,31+/m0/s1. The first-order valence-electron chi connectivity index (χ1n) is 13.4. The number of fused-ring (bicyclic) bond motifs is 3. The van der Waals surface area contributed by atoms with E-state index in [1.807, 2.05) is 35.2 Å². The lowest BCUT2D eigenvalue weighted by Crippen LogP contribution is -2.48. The van der Waals surface area contributed by atoms with Gasteiger partial charge in [0.1, 0.15) is 0 Å². The molecule has 38 heavy (non-hydrogen) atoms. The molecule has 2 heterocycles. The van der Waals surface area contributed by atoms with E-state index in [1.165, 1.54) is 27.8 Å². The van der Waals surface area contributed by atoms with Gasteiger partial charge in [-0.1, -0.05) is 66.7 Å². The molecular formula is C32H34N2O4. The molecule has 0 aromatic heterocycles. The Morgan fingerprint density at radius 1 is 0.947 bits per heavy atom. The number of hydrogen-bond donors (Lipinski definition) is 1. The van der Waals surface area contributed by atoms with Crippen LogP contribution >= 0.6 is 0 Å². The highest BCUT2D eigenvalue weighted by molar-refractivity contribution is 5.92. The van der Waals surface area contributed by atoms with Gasteiger partial charge in [-0.2, -0.15) is 0 Å². The number of allylic oxidation sites excluding steroid dienone is 1. The summed E-state index contributed by atoms with van der Waals surface area (Å²) in [7, 11) is 2.08. The van der Waals surface area contributed by atoms with Crippen LogP contribution < -0.4 is 0 Å². The van der Waals surface area contributed by atoms with Crippen LogP contribution in [0.4, 0.5) is 0 Å². The second-order valence-corrected chi connectivity index (χ2v) is 10.6. The lowest BCUT2D eigenvalue weighted by molar-refractivity contribution is -0.156. The van der Waals surface area contributed by atoms with Gasteiger partial charge in [0, 0.05) is 38.5 Å². The molecule has 1 N–H and O–H groups in total. The van der Waals surface area contributed by atoms with Crippen LogP contribution in [0.25, 0.3) is 11.1 Å². The second-order valence-electron chi connectivity index (χ2n) is 10.6. The molecular weight excluding hydrogens is 476 g/mol. The van der Waals surface area contributed by atoms with Crippen molar-refractivity contribution in [1.82, 2.24) is 9.80 Å². The molecule has 196 valence electrons. The number of carbonyl (C=O) groups is 1. The predicted molar refractivity (Wildman–Crippen MR) is 146 cm³/mol. The van der Waals surface area contributed by atoms with Crippen LogP contribution in [0.15, 0.2) is 78.6 Å². The zero-order chi connectivity index (χ0) is 26.1. The first-order chi connectivity index (χ1) is 18.6. The molecule has 1 amide bonds. The zero-order valence-electron chi connectivity index (χ0n) is 21.8. The van der Waals surface area contributed by atoms with Crippen molar-refractivity contribution in [2.24, 2.45) is 0 Å². The monoisotopic (exact) mass is 510 g/mol. The predicted octanol–water partition coefficient (Wildman–Crippen LogP) is 4.45. The molecule has 0 spiro atoms. The summed E-state index contributed by atoms with van der Waals surface area (Å²) in [6.45, 7) is 3.50. The van der Waals surface area contributed by atoms with Crippen molar-refractivity contribution in [2.45, 2.75) is 38.3 Å². The molecule has 2 atom stereocenters. The summed E-state index contributed by atoms with van der Waals surface area (Å²) in [4.78, 5) is 17.6. The van der Waals surface area contributed by atoms with Gasteiger partial charge in [0.15, 0.2) is 5.76 Å². The number of rotatable bonds is 6. The van der Waals surface area contributed by atoms with Crippen LogP contribution in [0, 0.1) is 0 Å². The van der Waals surface area contributed by atoms with Crippen molar-refractivity contribution in [3.05, 3.63) is 106 Å². The van der Waals surface area contributed by atoms with Crippen molar-refractivity contribution < 1.29 is 19.4 Å². The minimum absolute atomic E-state index is 0.0168. The van der Waals surface area contributed by atoms with Gasteiger partial charge in [0.05, 0.1) is 13.2 Å². The third-order valence-electron chi connectivity index (χ3n) is 7.95. The molecule has 0 saturated carbocycles. The Bertz CT molecular complexity index is 1340. The molecule has 0 radical (unpaired) electrons. The second kappa shape index (κ2) is 10.7. The number of ether oxygens (including phenoxy) is 2. The molecule has 3 aliphatic rings. The number of benzene rings is 3. The molecule has 1 fully saturated rings. The maximum atomic E-state index is 13.5. The minimum Gasteiger partial charge on any atom is -0.459 e. The van der Waals surface area contributed by atoms with Crippen LogP contribution in [0.1, 0.15) is 40.2 Å². The van der Waals surface area contributed by atoms with Gasteiger partial charge < -0.3 is 24.4 Å². The summed E-state index contributed by atoms with van der Waals surface area (Å²) in [5.41, 5.74) is 8.36. The van der Waals surface area contributed by atoms with Gasteiger partial charge >= 0.3 is 0 Å². The van der Waals surface area contributed by atoms with E-state index >= 15 is 0 Å². The number of aliphatic hydroxyl groups excluding tert-OH is 1. The third kappa shape index (κ3) is 5.12. The molecule has 6 rings (SSSR count). The molecule has 3 aromatic carbocycles. The van der Waals surface area contributed by atoms with Gasteiger partial charge in [-0.15, -0.1) is 0 Å². The number of amides is 1. The lowest BCUT2D eigenvalue weighted by Gasteiger charge is -2.35. The molecule has 1 saturated heterocycles. The van der Waals surface area contributed by atoms with Crippen LogP contribution in [0.5, 0.6) is 0 Å². The van der Waals surface area contributed by atoms with Crippen molar-refractivity contribution in [1.29, 1.82) is 0 Å². The Morgan fingerprint density at radius 3 is 2.47 bits per heavy atom. The van der Waals surface area contributed by atoms with E-state index in [0.717, 1.165) is 30.6 Å². The highest BCUT2D eigenvalue weighted by Gasteiger charge is 2.32. The van der Waals surface area contributed by atoms with Crippen LogP contribution in [0.2, 0.25) is 0 Å². The number of piperazine rings is 1. The van der Waals surface area contributed by atoms with E-state index < -0.39 is 6.29 Å². The number of nitrogens with zero attached hydrogens (tertiary/aromatic N) is 2. The number of likely N-dealkylation sites (N-methyl/N-ethyl adjacent to an activating group) is 1. The van der Waals surface area contributed by atoms with Gasteiger partial charge in [-0.05, 0) is 58.5 Å². The quantitative estimate of drug-likeness (QED) is 0.415. The van der Waals surface area contributed by atoms with Gasteiger partial charge in [-0.25, -0.2) is 0 Å². The first kappa shape index (κ1) is 24.9. The fourth-order valence-electron chi connectivity index (χ4n) is 5.63. The smallest absolute Gasteiger partial charge is 0.288 e. The molecule has 6 heteroatoms. The highest BCUT2D eigenvalue weighted by atomic mass is 16.7. The molecule has 6 nitrogen and oxygen atoms in total. The Kier molecular flexibility index (Phi) is 7.02. The zero-order valence-corrected chi connectivity index (χ0v) is 21.8. The largest absolute Gasteiger partial charge is 0.459 e. The van der Waals surface area contributed by atoms with Crippen molar-refractivity contribution >= 4 is 5.91 Å². The molecule has 0 bridgehead atoms. The van der Waals surface area contributed by atoms with E-state index in [1.54, 1.807) is 0 Å². The van der Waals surface area contributed by atoms with Crippen molar-refractivity contribution in [2.75, 3.05) is 33.2 Å². The normalized spacial score (nSPS) is 20.9. The van der Waals surface area contributed by atoms with Gasteiger partial charge in [0.25, 0.3) is 5.91 Å². The number of aliphatic hydroxyl groups is 1. The van der Waals surface area contributed by atoms with E-state index in [4.69, 9.17) is 9.47 Å². The Labute approximate surface area is 224 Å². The van der Waals surface area contributed by atoms with E-state index in [2.05, 4.69) is 54.4 Å². The van der Waals surface area contributed by atoms with E-state index in [-0.39, 0.29) is 18.4 Å². The SMILES string of the molecule is CN1CCN(C(=O)C2=C[C@H](c3ccc4c(c3)Cc3ccccc3-4)C[C@H](OCc3ccc(CO)cc3)O2)CC1. The number of hydrogen-bond acceptors (Lipinski definition) is 5. The van der Waals surface area contributed by atoms with Gasteiger partial charge in [0.2, 0.25) is 6.29 Å². The number of carbonyl (C=O) groups excluding carboxylic acids is 1. The Hall–Kier alpha value is -3.45. The van der Waals surface area contributed by atoms with E-state index in [9.17, 15) is 9.90 Å². The summed E-state index contributed by atoms with van der Waals surface area (Å²) in [5, 5.41) is 9.32. The molecule has 2 aliphatic heterocycles. The minimum atomic E-state index is -0.528. The third-order valence-corrected chi connectivity index (χ3v) is 7.95. The average molecular weight is 511 g/mol. The van der Waals surface area contributed by atoms with Crippen LogP contribution in [-0.4, -0.2) is 60.3 Å². The topological polar surface area (TPSA) is 62.2 Å². The van der Waals surface area contributed by atoms with E-state index in [0.29, 0.717) is 31.9 Å². The average Bonchev–Trinajstić information content (AvgIpc) is 3.34. The Balaban J connectivity index is 1.24. The summed E-state index contributed by atoms with van der Waals surface area (Å²) in [6, 6.07) is 23.0. The fraction of sp³-hybridized carbons (Fsp3) is 0.344. The van der Waals surface area contributed by atoms with Crippen molar-refractivity contribution in [3.8, 4) is 11.1 Å². The summed E-state index contributed by atoms with van der Waals surface area (Å²) >= 11 is 0. The summed E-state index contributed by atoms with van der Waals surface area (Å²) < 4.78 is 12.4.